The first kappa shape index (κ1) is 19.7. The number of nitrogens with zero attached hydrogens (tertiary/aromatic N) is 3. The van der Waals surface area contributed by atoms with E-state index in [2.05, 4.69) is 9.36 Å². The van der Waals surface area contributed by atoms with Crippen LogP contribution in [0.15, 0.2) is 41.6 Å². The van der Waals surface area contributed by atoms with E-state index >= 15 is 0 Å². The third-order valence-corrected chi connectivity index (χ3v) is 5.68. The highest BCUT2D eigenvalue weighted by Crippen LogP contribution is 2.36. The second kappa shape index (κ2) is 8.73. The maximum Gasteiger partial charge on any atom is 0.215 e. The first-order valence-electron chi connectivity index (χ1n) is 7.59. The average molecular weight is 430 g/mol. The maximum atomic E-state index is 14.2. The van der Waals surface area contributed by atoms with Crippen molar-refractivity contribution in [2.45, 2.75) is 11.4 Å². The van der Waals surface area contributed by atoms with Gasteiger partial charge in [-0.3, -0.25) is 4.31 Å². The van der Waals surface area contributed by atoms with Crippen LogP contribution in [0.3, 0.4) is 0 Å². The van der Waals surface area contributed by atoms with Gasteiger partial charge in [-0.1, -0.05) is 11.6 Å². The maximum absolute atomic E-state index is 14.2. The first-order chi connectivity index (χ1) is 13.0. The summed E-state index contributed by atoms with van der Waals surface area (Å²) < 4.78 is 44.0. The standard InChI is InChI=1S/C17H14ClF2N3O2S2/c1-24-11-4-3-10(15(5-11)25-2)8-23(17-21-9-22-26-17)27-16-6-12(18)13(19)7-14(16)20/h3-7,9H,8H2,1-2H3. The highest BCUT2D eigenvalue weighted by molar-refractivity contribution is 8.00. The van der Waals surface area contributed by atoms with Crippen molar-refractivity contribution in [3.8, 4) is 11.5 Å². The molecule has 27 heavy (non-hydrogen) atoms. The zero-order chi connectivity index (χ0) is 19.4. The number of anilines is 1. The van der Waals surface area contributed by atoms with Crippen LogP contribution in [0, 0.1) is 11.6 Å². The van der Waals surface area contributed by atoms with Crippen LogP contribution in [-0.2, 0) is 6.54 Å². The van der Waals surface area contributed by atoms with Crippen molar-refractivity contribution in [3.05, 3.63) is 58.9 Å². The third-order valence-electron chi connectivity index (χ3n) is 3.55. The minimum Gasteiger partial charge on any atom is -0.497 e. The van der Waals surface area contributed by atoms with E-state index in [0.717, 1.165) is 35.1 Å². The van der Waals surface area contributed by atoms with E-state index < -0.39 is 11.6 Å². The van der Waals surface area contributed by atoms with Crippen LogP contribution in [0.1, 0.15) is 5.56 Å². The van der Waals surface area contributed by atoms with E-state index in [1.54, 1.807) is 30.7 Å². The molecule has 0 aliphatic carbocycles. The van der Waals surface area contributed by atoms with Gasteiger partial charge in [0.15, 0.2) is 0 Å². The number of benzene rings is 2. The average Bonchev–Trinajstić information content (AvgIpc) is 3.20. The summed E-state index contributed by atoms with van der Waals surface area (Å²) in [6.45, 7) is 0.335. The van der Waals surface area contributed by atoms with E-state index in [-0.39, 0.29) is 9.92 Å². The summed E-state index contributed by atoms with van der Waals surface area (Å²) in [4.78, 5) is 4.36. The lowest BCUT2D eigenvalue weighted by Gasteiger charge is -2.22. The summed E-state index contributed by atoms with van der Waals surface area (Å²) in [6.07, 6.45) is 1.41. The fourth-order valence-electron chi connectivity index (χ4n) is 2.25. The lowest BCUT2D eigenvalue weighted by atomic mass is 10.2. The van der Waals surface area contributed by atoms with Gasteiger partial charge in [0.1, 0.15) is 29.5 Å². The van der Waals surface area contributed by atoms with Gasteiger partial charge in [-0.05, 0) is 30.1 Å². The van der Waals surface area contributed by atoms with Crippen molar-refractivity contribution < 1.29 is 18.3 Å². The molecule has 142 valence electrons. The molecule has 0 bridgehead atoms. The lowest BCUT2D eigenvalue weighted by Crippen LogP contribution is -2.15. The summed E-state index contributed by atoms with van der Waals surface area (Å²) in [5.74, 6) is -0.250. The Bertz CT molecular complexity index is 929. The van der Waals surface area contributed by atoms with Gasteiger partial charge in [-0.2, -0.15) is 4.37 Å². The van der Waals surface area contributed by atoms with E-state index in [9.17, 15) is 8.78 Å². The summed E-state index contributed by atoms with van der Waals surface area (Å²) in [5.41, 5.74) is 0.828. The van der Waals surface area contributed by atoms with Crippen molar-refractivity contribution in [1.29, 1.82) is 0 Å². The molecule has 0 N–H and O–H groups in total. The van der Waals surface area contributed by atoms with Gasteiger partial charge < -0.3 is 9.47 Å². The second-order valence-corrected chi connectivity index (χ2v) is 7.46. The van der Waals surface area contributed by atoms with Crippen molar-refractivity contribution in [2.75, 3.05) is 18.5 Å². The first-order valence-corrected chi connectivity index (χ1v) is 9.52. The summed E-state index contributed by atoms with van der Waals surface area (Å²) in [6, 6.07) is 7.41. The van der Waals surface area contributed by atoms with Crippen LogP contribution in [0.25, 0.3) is 0 Å². The van der Waals surface area contributed by atoms with Gasteiger partial charge in [0.25, 0.3) is 0 Å². The quantitative estimate of drug-likeness (QED) is 0.380. The molecule has 3 rings (SSSR count). The molecule has 0 aliphatic rings. The topological polar surface area (TPSA) is 47.5 Å². The smallest absolute Gasteiger partial charge is 0.215 e. The van der Waals surface area contributed by atoms with E-state index in [0.29, 0.717) is 23.2 Å². The molecule has 2 aromatic carbocycles. The Labute approximate surface area is 168 Å². The van der Waals surface area contributed by atoms with Crippen molar-refractivity contribution >= 4 is 40.2 Å². The number of hydrogen-bond donors (Lipinski definition) is 0. The molecule has 0 radical (unpaired) electrons. The lowest BCUT2D eigenvalue weighted by molar-refractivity contribution is 0.391. The van der Waals surface area contributed by atoms with Gasteiger partial charge in [-0.25, -0.2) is 13.8 Å². The molecule has 10 heteroatoms. The molecule has 1 heterocycles. The Morgan fingerprint density at radius 1 is 1.15 bits per heavy atom. The molecule has 0 amide bonds. The predicted octanol–water partition coefficient (Wildman–Crippen LogP) is 5.20. The fraction of sp³-hybridized carbons (Fsp3) is 0.176. The molecule has 0 unspecified atom stereocenters. The zero-order valence-electron chi connectivity index (χ0n) is 14.3. The van der Waals surface area contributed by atoms with Crippen LogP contribution in [0.2, 0.25) is 5.02 Å². The fourth-order valence-corrected chi connectivity index (χ4v) is 4.01. The highest BCUT2D eigenvalue weighted by Gasteiger charge is 2.19. The van der Waals surface area contributed by atoms with Crippen LogP contribution in [0.5, 0.6) is 11.5 Å². The van der Waals surface area contributed by atoms with Gasteiger partial charge in [0.2, 0.25) is 5.13 Å². The minimum absolute atomic E-state index is 0.154. The monoisotopic (exact) mass is 429 g/mol. The molecule has 3 aromatic rings. The molecule has 0 saturated heterocycles. The predicted molar refractivity (Wildman–Crippen MR) is 103 cm³/mol. The van der Waals surface area contributed by atoms with Crippen molar-refractivity contribution in [2.24, 2.45) is 0 Å². The number of methoxy groups -OCH3 is 2. The van der Waals surface area contributed by atoms with E-state index in [4.69, 9.17) is 21.1 Å². The van der Waals surface area contributed by atoms with Crippen molar-refractivity contribution in [1.82, 2.24) is 9.36 Å². The second-order valence-electron chi connectivity index (χ2n) is 5.23. The minimum atomic E-state index is -0.808. The molecule has 0 atom stereocenters. The largest absolute Gasteiger partial charge is 0.497 e. The molecule has 0 saturated carbocycles. The van der Waals surface area contributed by atoms with Crippen molar-refractivity contribution in [3.63, 3.8) is 0 Å². The Morgan fingerprint density at radius 3 is 2.63 bits per heavy atom. The third kappa shape index (κ3) is 4.60. The number of ether oxygens (including phenoxy) is 2. The Morgan fingerprint density at radius 2 is 1.96 bits per heavy atom. The number of halogens is 3. The number of rotatable bonds is 7. The molecule has 0 spiro atoms. The molecule has 0 fully saturated rings. The molecule has 0 aliphatic heterocycles. The van der Waals surface area contributed by atoms with E-state index in [1.165, 1.54) is 12.4 Å². The Kier molecular flexibility index (Phi) is 6.35. The molecule has 1 aromatic heterocycles. The van der Waals surface area contributed by atoms with Crippen LogP contribution < -0.4 is 13.8 Å². The van der Waals surface area contributed by atoms with Gasteiger partial charge >= 0.3 is 0 Å². The Hall–Kier alpha value is -2.10. The molecule has 5 nitrogen and oxygen atoms in total. The van der Waals surface area contributed by atoms with Gasteiger partial charge in [0, 0.05) is 29.2 Å². The van der Waals surface area contributed by atoms with Crippen LogP contribution in [0.4, 0.5) is 13.9 Å². The normalized spacial score (nSPS) is 10.7. The van der Waals surface area contributed by atoms with Gasteiger partial charge in [-0.15, -0.1) is 0 Å². The van der Waals surface area contributed by atoms with E-state index in [1.807, 2.05) is 6.07 Å². The van der Waals surface area contributed by atoms with Crippen LogP contribution in [-0.4, -0.2) is 23.6 Å². The number of hydrogen-bond acceptors (Lipinski definition) is 7. The SMILES string of the molecule is COc1ccc(CN(Sc2cc(Cl)c(F)cc2F)c2ncns2)c(OC)c1. The summed E-state index contributed by atoms with van der Waals surface area (Å²) >= 11 is 8.00. The molecular weight excluding hydrogens is 416 g/mol. The highest BCUT2D eigenvalue weighted by atomic mass is 35.5. The van der Waals surface area contributed by atoms with Gasteiger partial charge in [0.05, 0.1) is 30.7 Å². The summed E-state index contributed by atoms with van der Waals surface area (Å²) in [5, 5.41) is 0.399. The molecular formula is C17H14ClF2N3O2S2. The van der Waals surface area contributed by atoms with Crippen LogP contribution >= 0.6 is 35.1 Å². The number of aromatic nitrogens is 2. The Balaban J connectivity index is 1.93. The summed E-state index contributed by atoms with van der Waals surface area (Å²) in [7, 11) is 3.12. The zero-order valence-corrected chi connectivity index (χ0v) is 16.7.